The van der Waals surface area contributed by atoms with E-state index in [9.17, 15) is 14.4 Å². The molecule has 1 aliphatic heterocycles. The number of esters is 1. The molecule has 1 unspecified atom stereocenters. The summed E-state index contributed by atoms with van der Waals surface area (Å²) >= 11 is 0. The standard InChI is InChI=1S/C24H24N2O5/c1-3-30-24(29)22-16(2)26-20(23(22)28)13-17-9-11-19(12-10-17)31-15-21(27)25-14-18-7-5-4-6-8-18/h4-13,22H,3,14-15H2,1-2H3,(H,25,27)/b20-13-. The van der Waals surface area contributed by atoms with E-state index in [1.165, 1.54) is 0 Å². The molecule has 2 aromatic carbocycles. The predicted octanol–water partition coefficient (Wildman–Crippen LogP) is 2.95. The number of nitrogens with one attached hydrogen (secondary N) is 1. The number of carbonyl (C=O) groups is 3. The van der Waals surface area contributed by atoms with Crippen LogP contribution in [0.5, 0.6) is 5.75 Å². The van der Waals surface area contributed by atoms with Crippen molar-refractivity contribution in [3.63, 3.8) is 0 Å². The second-order valence-corrected chi connectivity index (χ2v) is 6.95. The monoisotopic (exact) mass is 420 g/mol. The third kappa shape index (κ3) is 5.88. The number of ether oxygens (including phenoxy) is 2. The fraction of sp³-hybridized carbons (Fsp3) is 0.250. The molecule has 0 fully saturated rings. The van der Waals surface area contributed by atoms with E-state index < -0.39 is 11.9 Å². The number of amides is 1. The Balaban J connectivity index is 1.54. The van der Waals surface area contributed by atoms with Crippen molar-refractivity contribution in [1.29, 1.82) is 0 Å². The first-order valence-corrected chi connectivity index (χ1v) is 9.99. The van der Waals surface area contributed by atoms with Crippen LogP contribution >= 0.6 is 0 Å². The number of carbonyl (C=O) groups excluding carboxylic acids is 3. The van der Waals surface area contributed by atoms with Gasteiger partial charge in [0.2, 0.25) is 5.78 Å². The zero-order valence-electron chi connectivity index (χ0n) is 17.5. The van der Waals surface area contributed by atoms with Crippen molar-refractivity contribution in [2.75, 3.05) is 13.2 Å². The molecule has 0 bridgehead atoms. The van der Waals surface area contributed by atoms with E-state index in [2.05, 4.69) is 10.3 Å². The zero-order chi connectivity index (χ0) is 22.2. The topological polar surface area (TPSA) is 94.1 Å². The maximum atomic E-state index is 12.5. The highest BCUT2D eigenvalue weighted by Gasteiger charge is 2.37. The molecule has 0 saturated heterocycles. The number of nitrogens with zero attached hydrogens (tertiary/aromatic N) is 1. The Kier molecular flexibility index (Phi) is 7.32. The van der Waals surface area contributed by atoms with Crippen LogP contribution in [0.4, 0.5) is 0 Å². The largest absolute Gasteiger partial charge is 0.484 e. The van der Waals surface area contributed by atoms with Crippen LogP contribution in [-0.4, -0.2) is 36.6 Å². The Hall–Kier alpha value is -3.74. The summed E-state index contributed by atoms with van der Waals surface area (Å²) in [5.74, 6) is -1.61. The van der Waals surface area contributed by atoms with Crippen LogP contribution in [0.2, 0.25) is 0 Å². The maximum absolute atomic E-state index is 12.5. The Bertz CT molecular complexity index is 1010. The van der Waals surface area contributed by atoms with Crippen LogP contribution in [0.3, 0.4) is 0 Å². The lowest BCUT2D eigenvalue weighted by Crippen LogP contribution is -2.28. The number of benzene rings is 2. The minimum atomic E-state index is -0.969. The lowest BCUT2D eigenvalue weighted by molar-refractivity contribution is -0.147. The lowest BCUT2D eigenvalue weighted by Gasteiger charge is -2.08. The molecular weight excluding hydrogens is 396 g/mol. The molecule has 3 rings (SSSR count). The van der Waals surface area contributed by atoms with Gasteiger partial charge in [-0.3, -0.25) is 19.4 Å². The highest BCUT2D eigenvalue weighted by molar-refractivity contribution is 6.28. The van der Waals surface area contributed by atoms with E-state index in [0.29, 0.717) is 18.0 Å². The first-order valence-electron chi connectivity index (χ1n) is 9.99. The normalized spacial score (nSPS) is 16.7. The fourth-order valence-corrected chi connectivity index (χ4v) is 3.07. The van der Waals surface area contributed by atoms with Crippen molar-refractivity contribution in [2.45, 2.75) is 20.4 Å². The van der Waals surface area contributed by atoms with Gasteiger partial charge in [-0.1, -0.05) is 42.5 Å². The van der Waals surface area contributed by atoms with E-state index >= 15 is 0 Å². The molecule has 1 aliphatic rings. The van der Waals surface area contributed by atoms with Gasteiger partial charge in [0.25, 0.3) is 5.91 Å². The van der Waals surface area contributed by atoms with Crippen molar-refractivity contribution in [1.82, 2.24) is 5.32 Å². The number of rotatable bonds is 8. The molecule has 31 heavy (non-hydrogen) atoms. The minimum Gasteiger partial charge on any atom is -0.484 e. The molecule has 0 spiro atoms. The first-order chi connectivity index (χ1) is 15.0. The molecule has 160 valence electrons. The molecule has 0 aliphatic carbocycles. The van der Waals surface area contributed by atoms with E-state index in [1.54, 1.807) is 44.2 Å². The molecule has 0 radical (unpaired) electrons. The van der Waals surface area contributed by atoms with Crippen LogP contribution in [0.15, 0.2) is 65.3 Å². The number of aliphatic imine (C=N–C) groups is 1. The van der Waals surface area contributed by atoms with E-state index in [0.717, 1.165) is 11.1 Å². The van der Waals surface area contributed by atoms with E-state index in [1.807, 2.05) is 30.3 Å². The summed E-state index contributed by atoms with van der Waals surface area (Å²) in [4.78, 5) is 40.6. The summed E-state index contributed by atoms with van der Waals surface area (Å²) in [6.45, 7) is 3.88. The average Bonchev–Trinajstić information content (AvgIpc) is 3.05. The summed E-state index contributed by atoms with van der Waals surface area (Å²) in [7, 11) is 0. The third-order valence-electron chi connectivity index (χ3n) is 4.64. The Morgan fingerprint density at radius 3 is 2.48 bits per heavy atom. The summed E-state index contributed by atoms with van der Waals surface area (Å²) in [5, 5.41) is 2.80. The molecule has 2 aromatic rings. The quantitative estimate of drug-likeness (QED) is 0.403. The molecule has 1 N–H and O–H groups in total. The number of hydrogen-bond acceptors (Lipinski definition) is 6. The molecule has 0 saturated carbocycles. The van der Waals surface area contributed by atoms with Crippen LogP contribution in [0.1, 0.15) is 25.0 Å². The van der Waals surface area contributed by atoms with Gasteiger partial charge in [-0.2, -0.15) is 0 Å². The molecule has 1 heterocycles. The van der Waals surface area contributed by atoms with Gasteiger partial charge < -0.3 is 14.8 Å². The van der Waals surface area contributed by atoms with Gasteiger partial charge in [0.15, 0.2) is 12.5 Å². The molecule has 1 amide bonds. The van der Waals surface area contributed by atoms with Crippen molar-refractivity contribution in [2.24, 2.45) is 10.9 Å². The number of hydrogen-bond donors (Lipinski definition) is 1. The second kappa shape index (κ2) is 10.3. The molecule has 1 atom stereocenters. The molecular formula is C24H24N2O5. The molecule has 0 aromatic heterocycles. The van der Waals surface area contributed by atoms with Gasteiger partial charge in [0.1, 0.15) is 11.4 Å². The smallest absolute Gasteiger partial charge is 0.322 e. The fourth-order valence-electron chi connectivity index (χ4n) is 3.07. The van der Waals surface area contributed by atoms with Crippen molar-refractivity contribution in [3.05, 3.63) is 71.4 Å². The van der Waals surface area contributed by atoms with Crippen molar-refractivity contribution < 1.29 is 23.9 Å². The summed E-state index contributed by atoms with van der Waals surface area (Å²) in [5.41, 5.74) is 2.38. The SMILES string of the molecule is CCOC(=O)C1C(=O)/C(=C/c2ccc(OCC(=O)NCc3ccccc3)cc2)N=C1C. The lowest BCUT2D eigenvalue weighted by atomic mass is 10.0. The van der Waals surface area contributed by atoms with Crippen molar-refractivity contribution >= 4 is 29.4 Å². The Labute approximate surface area is 180 Å². The van der Waals surface area contributed by atoms with Gasteiger partial charge in [0, 0.05) is 12.3 Å². The van der Waals surface area contributed by atoms with Crippen LogP contribution < -0.4 is 10.1 Å². The highest BCUT2D eigenvalue weighted by atomic mass is 16.5. The highest BCUT2D eigenvalue weighted by Crippen LogP contribution is 2.24. The maximum Gasteiger partial charge on any atom is 0.322 e. The second-order valence-electron chi connectivity index (χ2n) is 6.95. The van der Waals surface area contributed by atoms with Gasteiger partial charge in [0.05, 0.1) is 6.61 Å². The number of Topliss-reactive ketones (excluding diaryl/α,β-unsaturated/α-hetero) is 1. The van der Waals surface area contributed by atoms with Gasteiger partial charge in [-0.15, -0.1) is 0 Å². The van der Waals surface area contributed by atoms with E-state index in [-0.39, 0.29) is 30.6 Å². The minimum absolute atomic E-state index is 0.101. The number of ketones is 1. The van der Waals surface area contributed by atoms with Crippen LogP contribution in [0, 0.1) is 5.92 Å². The number of allylic oxidation sites excluding steroid dienone is 1. The summed E-state index contributed by atoms with van der Waals surface area (Å²) in [6, 6.07) is 16.5. The zero-order valence-corrected chi connectivity index (χ0v) is 17.5. The third-order valence-corrected chi connectivity index (χ3v) is 4.64. The first kappa shape index (κ1) is 22.0. The van der Waals surface area contributed by atoms with Crippen LogP contribution in [-0.2, 0) is 25.7 Å². The summed E-state index contributed by atoms with van der Waals surface area (Å²) in [6.07, 6.45) is 1.61. The summed E-state index contributed by atoms with van der Waals surface area (Å²) < 4.78 is 10.5. The van der Waals surface area contributed by atoms with Gasteiger partial charge in [-0.25, -0.2) is 0 Å². The van der Waals surface area contributed by atoms with E-state index in [4.69, 9.17) is 9.47 Å². The molecule has 7 nitrogen and oxygen atoms in total. The Morgan fingerprint density at radius 2 is 1.81 bits per heavy atom. The van der Waals surface area contributed by atoms with Gasteiger partial charge in [-0.05, 0) is 43.2 Å². The predicted molar refractivity (Wildman–Crippen MR) is 116 cm³/mol. The average molecular weight is 420 g/mol. The van der Waals surface area contributed by atoms with Gasteiger partial charge >= 0.3 is 5.97 Å². The molecule has 7 heteroatoms. The Morgan fingerprint density at radius 1 is 1.10 bits per heavy atom. The van der Waals surface area contributed by atoms with Crippen LogP contribution in [0.25, 0.3) is 6.08 Å². The van der Waals surface area contributed by atoms with Crippen molar-refractivity contribution in [3.8, 4) is 5.75 Å².